The molecule has 136 valence electrons. The first-order chi connectivity index (χ1) is 12.0. The number of aryl methyl sites for hydroxylation is 1. The van der Waals surface area contributed by atoms with Gasteiger partial charge in [-0.05, 0) is 26.2 Å². The molecule has 3 heterocycles. The highest BCUT2D eigenvalue weighted by Gasteiger charge is 2.48. The summed E-state index contributed by atoms with van der Waals surface area (Å²) in [5, 5.41) is 3.05. The summed E-state index contributed by atoms with van der Waals surface area (Å²) in [5.74, 6) is 0.543. The lowest BCUT2D eigenvalue weighted by Crippen LogP contribution is -2.45. The van der Waals surface area contributed by atoms with E-state index in [2.05, 4.69) is 4.98 Å². The topological polar surface area (TPSA) is 62.7 Å². The highest BCUT2D eigenvalue weighted by Crippen LogP contribution is 2.40. The first-order valence-electron chi connectivity index (χ1n) is 9.02. The van der Waals surface area contributed by atoms with Crippen molar-refractivity contribution in [1.82, 2.24) is 14.8 Å². The molecule has 0 aromatic carbocycles. The molecule has 2 atom stereocenters. The Balaban J connectivity index is 1.34. The van der Waals surface area contributed by atoms with E-state index in [-0.39, 0.29) is 29.3 Å². The smallest absolute Gasteiger partial charge is 0.228 e. The van der Waals surface area contributed by atoms with Crippen LogP contribution in [-0.4, -0.2) is 58.9 Å². The van der Waals surface area contributed by atoms with Crippen LogP contribution in [0.4, 0.5) is 0 Å². The van der Waals surface area contributed by atoms with E-state index in [0.717, 1.165) is 36.5 Å². The van der Waals surface area contributed by atoms with Crippen LogP contribution in [0.25, 0.3) is 0 Å². The molecule has 3 aliphatic rings. The van der Waals surface area contributed by atoms with Gasteiger partial charge in [0.05, 0.1) is 35.2 Å². The van der Waals surface area contributed by atoms with Gasteiger partial charge in [-0.3, -0.25) is 9.59 Å². The van der Waals surface area contributed by atoms with Crippen LogP contribution >= 0.6 is 11.3 Å². The van der Waals surface area contributed by atoms with E-state index in [1.807, 2.05) is 22.1 Å². The second-order valence-electron chi connectivity index (χ2n) is 7.66. The lowest BCUT2D eigenvalue weighted by molar-refractivity contribution is -0.143. The predicted molar refractivity (Wildman–Crippen MR) is 94.0 cm³/mol. The maximum absolute atomic E-state index is 12.7. The van der Waals surface area contributed by atoms with Gasteiger partial charge in [-0.15, -0.1) is 11.3 Å². The normalized spacial score (nSPS) is 27.5. The van der Waals surface area contributed by atoms with Crippen LogP contribution < -0.4 is 0 Å². The fourth-order valence-corrected chi connectivity index (χ4v) is 4.98. The second kappa shape index (κ2) is 6.36. The number of hydrogen-bond acceptors (Lipinski definition) is 5. The van der Waals surface area contributed by atoms with E-state index < -0.39 is 0 Å². The van der Waals surface area contributed by atoms with Crippen molar-refractivity contribution in [2.75, 3.05) is 26.7 Å². The Morgan fingerprint density at radius 3 is 2.76 bits per heavy atom. The summed E-state index contributed by atoms with van der Waals surface area (Å²) >= 11 is 1.62. The van der Waals surface area contributed by atoms with Crippen molar-refractivity contribution in [1.29, 1.82) is 0 Å². The van der Waals surface area contributed by atoms with Gasteiger partial charge in [0.2, 0.25) is 11.8 Å². The fourth-order valence-electron chi connectivity index (χ4n) is 4.38. The van der Waals surface area contributed by atoms with Crippen molar-refractivity contribution >= 4 is 23.2 Å². The first-order valence-corrected chi connectivity index (χ1v) is 9.90. The number of methoxy groups -OCH3 is 1. The minimum absolute atomic E-state index is 0.0384. The van der Waals surface area contributed by atoms with Gasteiger partial charge in [-0.2, -0.15) is 0 Å². The van der Waals surface area contributed by atoms with Crippen molar-refractivity contribution in [2.45, 2.75) is 44.8 Å². The highest BCUT2D eigenvalue weighted by molar-refractivity contribution is 7.09. The molecule has 1 aromatic heterocycles. The van der Waals surface area contributed by atoms with Crippen molar-refractivity contribution in [3.05, 3.63) is 16.1 Å². The molecule has 2 amide bonds. The molecule has 6 nitrogen and oxygen atoms in total. The average Bonchev–Trinajstić information content (AvgIpc) is 3.22. The van der Waals surface area contributed by atoms with E-state index in [4.69, 9.17) is 4.74 Å². The number of carbonyl (C=O) groups is 2. The quantitative estimate of drug-likeness (QED) is 0.801. The number of fused-ring (bicyclic) bond motifs is 1. The third-order valence-electron chi connectivity index (χ3n) is 6.07. The molecule has 0 radical (unpaired) electrons. The van der Waals surface area contributed by atoms with Gasteiger partial charge in [0.25, 0.3) is 0 Å². The zero-order chi connectivity index (χ0) is 17.6. The first kappa shape index (κ1) is 17.0. The zero-order valence-electron chi connectivity index (χ0n) is 14.9. The number of nitrogens with zero attached hydrogens (tertiary/aromatic N) is 3. The molecule has 2 saturated heterocycles. The molecule has 0 unspecified atom stereocenters. The number of amides is 2. The van der Waals surface area contributed by atoms with Crippen LogP contribution in [-0.2, 0) is 20.9 Å². The molecule has 25 heavy (non-hydrogen) atoms. The van der Waals surface area contributed by atoms with Crippen LogP contribution in [0.2, 0.25) is 0 Å². The molecule has 0 N–H and O–H groups in total. The third kappa shape index (κ3) is 3.08. The Kier molecular flexibility index (Phi) is 4.32. The number of thiazole rings is 1. The molecule has 4 rings (SSSR count). The Bertz CT molecular complexity index is 679. The molecule has 3 fully saturated rings. The molecule has 0 spiro atoms. The minimum Gasteiger partial charge on any atom is -0.378 e. The van der Waals surface area contributed by atoms with E-state index in [1.54, 1.807) is 18.4 Å². The standard InChI is InChI=1S/C18H25N3O3S/c1-12-19-14(11-25-12)9-21-8-13-7-20(10-15(13)17(21)23)16(22)6-18(24-2)4-3-5-18/h11,13,15H,3-10H2,1-2H3/t13-,15-/m0/s1. The number of ether oxygens (including phenoxy) is 1. The van der Waals surface area contributed by atoms with Gasteiger partial charge in [0.1, 0.15) is 0 Å². The number of aromatic nitrogens is 1. The van der Waals surface area contributed by atoms with Crippen LogP contribution in [0.15, 0.2) is 5.38 Å². The monoisotopic (exact) mass is 363 g/mol. The van der Waals surface area contributed by atoms with Crippen LogP contribution in [0.1, 0.15) is 36.4 Å². The van der Waals surface area contributed by atoms with Gasteiger partial charge >= 0.3 is 0 Å². The van der Waals surface area contributed by atoms with E-state index in [0.29, 0.717) is 26.1 Å². The maximum atomic E-state index is 12.7. The Hall–Kier alpha value is -1.47. The van der Waals surface area contributed by atoms with E-state index in [1.165, 1.54) is 0 Å². The third-order valence-corrected chi connectivity index (χ3v) is 6.89. The SMILES string of the molecule is COC1(CC(=O)N2C[C@H]3CN(Cc4csc(C)n4)C(=O)[C@H]3C2)CCC1. The molecule has 1 aromatic rings. The number of likely N-dealkylation sites (tertiary alicyclic amines) is 2. The van der Waals surface area contributed by atoms with Crippen LogP contribution in [0.3, 0.4) is 0 Å². The van der Waals surface area contributed by atoms with E-state index >= 15 is 0 Å². The molecule has 2 aliphatic heterocycles. The van der Waals surface area contributed by atoms with Crippen molar-refractivity contribution in [3.8, 4) is 0 Å². The summed E-state index contributed by atoms with van der Waals surface area (Å²) in [6.45, 7) is 4.57. The average molecular weight is 363 g/mol. The fraction of sp³-hybridized carbons (Fsp3) is 0.722. The lowest BCUT2D eigenvalue weighted by atomic mass is 9.77. The lowest BCUT2D eigenvalue weighted by Gasteiger charge is -2.40. The summed E-state index contributed by atoms with van der Waals surface area (Å²) in [6, 6.07) is 0. The van der Waals surface area contributed by atoms with Gasteiger partial charge in [-0.25, -0.2) is 4.98 Å². The molecule has 7 heteroatoms. The largest absolute Gasteiger partial charge is 0.378 e. The number of rotatable bonds is 5. The second-order valence-corrected chi connectivity index (χ2v) is 8.72. The molecule has 1 saturated carbocycles. The summed E-state index contributed by atoms with van der Waals surface area (Å²) in [4.78, 5) is 33.6. The Morgan fingerprint density at radius 1 is 1.40 bits per heavy atom. The predicted octanol–water partition coefficient (Wildman–Crippen LogP) is 1.83. The van der Waals surface area contributed by atoms with E-state index in [9.17, 15) is 9.59 Å². The summed E-state index contributed by atoms with van der Waals surface area (Å²) < 4.78 is 5.58. The summed E-state index contributed by atoms with van der Waals surface area (Å²) in [6.07, 6.45) is 3.53. The minimum atomic E-state index is -0.243. The van der Waals surface area contributed by atoms with Gasteiger partial charge in [0.15, 0.2) is 0 Å². The van der Waals surface area contributed by atoms with Crippen molar-refractivity contribution in [3.63, 3.8) is 0 Å². The van der Waals surface area contributed by atoms with Crippen molar-refractivity contribution in [2.24, 2.45) is 11.8 Å². The van der Waals surface area contributed by atoms with Gasteiger partial charge in [-0.1, -0.05) is 0 Å². The molecule has 1 aliphatic carbocycles. The molecular weight excluding hydrogens is 338 g/mol. The van der Waals surface area contributed by atoms with Gasteiger partial charge < -0.3 is 14.5 Å². The number of carbonyl (C=O) groups excluding carboxylic acids is 2. The Morgan fingerprint density at radius 2 is 2.20 bits per heavy atom. The highest BCUT2D eigenvalue weighted by atomic mass is 32.1. The summed E-state index contributed by atoms with van der Waals surface area (Å²) in [7, 11) is 1.70. The number of hydrogen-bond donors (Lipinski definition) is 0. The Labute approximate surface area is 152 Å². The van der Waals surface area contributed by atoms with Gasteiger partial charge in [0, 0.05) is 38.0 Å². The van der Waals surface area contributed by atoms with Crippen LogP contribution in [0, 0.1) is 18.8 Å². The molecular formula is C18H25N3O3S. The molecule has 0 bridgehead atoms. The maximum Gasteiger partial charge on any atom is 0.228 e. The summed E-state index contributed by atoms with van der Waals surface area (Å²) in [5.41, 5.74) is 0.726. The zero-order valence-corrected chi connectivity index (χ0v) is 15.7. The van der Waals surface area contributed by atoms with Crippen LogP contribution in [0.5, 0.6) is 0 Å². The van der Waals surface area contributed by atoms with Crippen molar-refractivity contribution < 1.29 is 14.3 Å².